The predicted octanol–water partition coefficient (Wildman–Crippen LogP) is 3.75. The molecule has 18 heavy (non-hydrogen) atoms. The van der Waals surface area contributed by atoms with Gasteiger partial charge in [0.15, 0.2) is 0 Å². The molecule has 2 rings (SSSR count). The van der Waals surface area contributed by atoms with Crippen LogP contribution in [0.25, 0.3) is 0 Å². The molecule has 0 bridgehead atoms. The van der Waals surface area contributed by atoms with Gasteiger partial charge in [-0.2, -0.15) is 0 Å². The molecule has 1 atom stereocenters. The van der Waals surface area contributed by atoms with Gasteiger partial charge in [0.25, 0.3) is 0 Å². The van der Waals surface area contributed by atoms with E-state index >= 15 is 0 Å². The number of nitrogens with two attached hydrogens (primary N) is 1. The molecule has 0 aliphatic rings. The third-order valence-electron chi connectivity index (χ3n) is 3.43. The van der Waals surface area contributed by atoms with E-state index in [2.05, 4.69) is 6.07 Å². The van der Waals surface area contributed by atoms with Crippen LogP contribution in [0, 0.1) is 12.7 Å². The molecule has 0 saturated heterocycles. The SMILES string of the molecule is CCC(N)(c1cccc(C)c1)c1cccc(F)c1. The number of rotatable bonds is 3. The highest BCUT2D eigenvalue weighted by Crippen LogP contribution is 2.30. The van der Waals surface area contributed by atoms with E-state index < -0.39 is 5.54 Å². The van der Waals surface area contributed by atoms with Gasteiger partial charge in [0.05, 0.1) is 5.54 Å². The molecule has 0 spiro atoms. The number of halogens is 1. The minimum Gasteiger partial charge on any atom is -0.318 e. The van der Waals surface area contributed by atoms with Gasteiger partial charge in [-0.05, 0) is 36.6 Å². The Hall–Kier alpha value is -1.67. The van der Waals surface area contributed by atoms with E-state index in [1.807, 2.05) is 38.1 Å². The van der Waals surface area contributed by atoms with Gasteiger partial charge in [0, 0.05) is 0 Å². The van der Waals surface area contributed by atoms with E-state index in [9.17, 15) is 4.39 Å². The van der Waals surface area contributed by atoms with Crippen LogP contribution >= 0.6 is 0 Å². The lowest BCUT2D eigenvalue weighted by Gasteiger charge is -2.30. The molecule has 0 aromatic heterocycles. The molecule has 0 aliphatic heterocycles. The molecule has 0 amide bonds. The summed E-state index contributed by atoms with van der Waals surface area (Å²) >= 11 is 0. The summed E-state index contributed by atoms with van der Waals surface area (Å²) in [5, 5.41) is 0. The van der Waals surface area contributed by atoms with Crippen LogP contribution in [0.4, 0.5) is 4.39 Å². The van der Waals surface area contributed by atoms with Crippen LogP contribution in [0.5, 0.6) is 0 Å². The van der Waals surface area contributed by atoms with Gasteiger partial charge in [-0.1, -0.05) is 48.9 Å². The van der Waals surface area contributed by atoms with Crippen molar-refractivity contribution in [1.29, 1.82) is 0 Å². The first-order valence-electron chi connectivity index (χ1n) is 6.18. The molecule has 1 nitrogen and oxygen atoms in total. The second kappa shape index (κ2) is 4.91. The topological polar surface area (TPSA) is 26.0 Å². The van der Waals surface area contributed by atoms with Crippen molar-refractivity contribution in [2.45, 2.75) is 25.8 Å². The third kappa shape index (κ3) is 2.29. The van der Waals surface area contributed by atoms with Gasteiger partial charge in [0.1, 0.15) is 5.82 Å². The number of hydrogen-bond acceptors (Lipinski definition) is 1. The Balaban J connectivity index is 2.54. The van der Waals surface area contributed by atoms with Crippen molar-refractivity contribution in [3.63, 3.8) is 0 Å². The summed E-state index contributed by atoms with van der Waals surface area (Å²) in [6, 6.07) is 14.6. The highest BCUT2D eigenvalue weighted by atomic mass is 19.1. The zero-order valence-electron chi connectivity index (χ0n) is 10.8. The van der Waals surface area contributed by atoms with Gasteiger partial charge in [-0.3, -0.25) is 0 Å². The van der Waals surface area contributed by atoms with Gasteiger partial charge < -0.3 is 5.73 Å². The van der Waals surface area contributed by atoms with Crippen molar-refractivity contribution in [1.82, 2.24) is 0 Å². The van der Waals surface area contributed by atoms with Crippen molar-refractivity contribution < 1.29 is 4.39 Å². The second-order valence-electron chi connectivity index (χ2n) is 4.70. The van der Waals surface area contributed by atoms with E-state index in [1.165, 1.54) is 12.1 Å². The zero-order valence-corrected chi connectivity index (χ0v) is 10.8. The zero-order chi connectivity index (χ0) is 13.2. The largest absolute Gasteiger partial charge is 0.318 e. The first kappa shape index (κ1) is 12.8. The average Bonchev–Trinajstić information content (AvgIpc) is 2.38. The molecule has 0 fully saturated rings. The van der Waals surface area contributed by atoms with Crippen molar-refractivity contribution in [2.24, 2.45) is 5.73 Å². The van der Waals surface area contributed by atoms with Crippen LogP contribution in [0.1, 0.15) is 30.0 Å². The Kier molecular flexibility index (Phi) is 3.48. The van der Waals surface area contributed by atoms with Gasteiger partial charge in [0.2, 0.25) is 0 Å². The summed E-state index contributed by atoms with van der Waals surface area (Å²) in [7, 11) is 0. The molecule has 1 unspecified atom stereocenters. The smallest absolute Gasteiger partial charge is 0.123 e. The van der Waals surface area contributed by atoms with Crippen molar-refractivity contribution in [2.75, 3.05) is 0 Å². The van der Waals surface area contributed by atoms with Crippen LogP contribution < -0.4 is 5.73 Å². The maximum atomic E-state index is 13.4. The van der Waals surface area contributed by atoms with Crippen molar-refractivity contribution >= 4 is 0 Å². The highest BCUT2D eigenvalue weighted by molar-refractivity contribution is 5.39. The standard InChI is InChI=1S/C16H18FN/c1-3-16(18,13-7-4-6-12(2)10-13)14-8-5-9-15(17)11-14/h4-11H,3,18H2,1-2H3. The molecule has 0 saturated carbocycles. The number of benzene rings is 2. The third-order valence-corrected chi connectivity index (χ3v) is 3.43. The van der Waals surface area contributed by atoms with Crippen LogP contribution in [0.2, 0.25) is 0 Å². The van der Waals surface area contributed by atoms with E-state index in [-0.39, 0.29) is 5.82 Å². The fourth-order valence-electron chi connectivity index (χ4n) is 2.26. The summed E-state index contributed by atoms with van der Waals surface area (Å²) in [5.74, 6) is -0.247. The Bertz CT molecular complexity index is 503. The number of hydrogen-bond donors (Lipinski definition) is 1. The molecular formula is C16H18FN. The van der Waals surface area contributed by atoms with Crippen LogP contribution in [0.15, 0.2) is 48.5 Å². The molecule has 0 radical (unpaired) electrons. The van der Waals surface area contributed by atoms with E-state index in [4.69, 9.17) is 5.73 Å². The minimum atomic E-state index is -0.631. The highest BCUT2D eigenvalue weighted by Gasteiger charge is 2.27. The Morgan fingerprint density at radius 3 is 2.22 bits per heavy atom. The molecule has 2 heteroatoms. The molecule has 2 aromatic carbocycles. The fraction of sp³-hybridized carbons (Fsp3) is 0.250. The fourth-order valence-corrected chi connectivity index (χ4v) is 2.26. The molecule has 0 aliphatic carbocycles. The molecular weight excluding hydrogens is 225 g/mol. The monoisotopic (exact) mass is 243 g/mol. The lowest BCUT2D eigenvalue weighted by Crippen LogP contribution is -2.37. The Labute approximate surface area is 107 Å². The molecule has 0 heterocycles. The molecule has 94 valence electrons. The van der Waals surface area contributed by atoms with E-state index in [1.54, 1.807) is 6.07 Å². The Morgan fingerprint density at radius 2 is 1.67 bits per heavy atom. The summed E-state index contributed by atoms with van der Waals surface area (Å²) < 4.78 is 13.4. The summed E-state index contributed by atoms with van der Waals surface area (Å²) in [5.41, 5.74) is 8.88. The average molecular weight is 243 g/mol. The summed E-state index contributed by atoms with van der Waals surface area (Å²) in [6.07, 6.45) is 0.722. The summed E-state index contributed by atoms with van der Waals surface area (Å²) in [6.45, 7) is 4.05. The van der Waals surface area contributed by atoms with E-state index in [0.29, 0.717) is 0 Å². The van der Waals surface area contributed by atoms with Crippen molar-refractivity contribution in [3.05, 3.63) is 71.0 Å². The second-order valence-corrected chi connectivity index (χ2v) is 4.70. The van der Waals surface area contributed by atoms with Crippen LogP contribution in [-0.2, 0) is 5.54 Å². The molecule has 2 aromatic rings. The lowest BCUT2D eigenvalue weighted by atomic mass is 9.81. The molecule has 2 N–H and O–H groups in total. The van der Waals surface area contributed by atoms with Crippen LogP contribution in [0.3, 0.4) is 0 Å². The van der Waals surface area contributed by atoms with Gasteiger partial charge in [-0.15, -0.1) is 0 Å². The van der Waals surface area contributed by atoms with Gasteiger partial charge in [-0.25, -0.2) is 4.39 Å². The lowest BCUT2D eigenvalue weighted by molar-refractivity contribution is 0.512. The predicted molar refractivity (Wildman–Crippen MR) is 72.8 cm³/mol. The van der Waals surface area contributed by atoms with Crippen LogP contribution in [-0.4, -0.2) is 0 Å². The quantitative estimate of drug-likeness (QED) is 0.873. The van der Waals surface area contributed by atoms with Gasteiger partial charge >= 0.3 is 0 Å². The van der Waals surface area contributed by atoms with Crippen molar-refractivity contribution in [3.8, 4) is 0 Å². The maximum Gasteiger partial charge on any atom is 0.123 e. The first-order valence-corrected chi connectivity index (χ1v) is 6.18. The maximum absolute atomic E-state index is 13.4. The normalized spacial score (nSPS) is 14.2. The number of aryl methyl sites for hydroxylation is 1. The first-order chi connectivity index (χ1) is 8.56. The minimum absolute atomic E-state index is 0.247. The Morgan fingerprint density at radius 1 is 1.06 bits per heavy atom. The van der Waals surface area contributed by atoms with E-state index in [0.717, 1.165) is 23.1 Å². The summed E-state index contributed by atoms with van der Waals surface area (Å²) in [4.78, 5) is 0.